The molecule has 3 nitrogen and oxygen atoms in total. The number of carbonyl (C=O) groups excluding carboxylic acids is 1. The zero-order chi connectivity index (χ0) is 16.2. The summed E-state index contributed by atoms with van der Waals surface area (Å²) >= 11 is 1.57. The largest absolute Gasteiger partial charge is 0.319 e. The van der Waals surface area contributed by atoms with Gasteiger partial charge in [0.25, 0.3) is 5.91 Å². The molecule has 0 aliphatic heterocycles. The minimum absolute atomic E-state index is 0.195. The smallest absolute Gasteiger partial charge is 0.279 e. The topological polar surface area (TPSA) is 34.4 Å². The summed E-state index contributed by atoms with van der Waals surface area (Å²) in [7, 11) is 1.96. The van der Waals surface area contributed by atoms with Crippen LogP contribution in [0.4, 0.5) is 0 Å². The van der Waals surface area contributed by atoms with E-state index in [2.05, 4.69) is 30.1 Å². The van der Waals surface area contributed by atoms with Crippen molar-refractivity contribution >= 4 is 27.5 Å². The molecule has 3 rings (SSSR count). The number of aromatic nitrogens is 1. The van der Waals surface area contributed by atoms with Gasteiger partial charge in [-0.05, 0) is 42.7 Å². The summed E-state index contributed by atoms with van der Waals surface area (Å²) in [5.74, 6) is -0.195. The Hall–Kier alpha value is -2.20. The van der Waals surface area contributed by atoms with Gasteiger partial charge in [0.15, 0.2) is 4.80 Å². The summed E-state index contributed by atoms with van der Waals surface area (Å²) in [4.78, 5) is 17.3. The zero-order valence-corrected chi connectivity index (χ0v) is 14.3. The van der Waals surface area contributed by atoms with Gasteiger partial charge < -0.3 is 4.57 Å². The molecule has 1 heterocycles. The number of fused-ring (bicyclic) bond motifs is 1. The van der Waals surface area contributed by atoms with E-state index in [-0.39, 0.29) is 5.91 Å². The molecular formula is C19H20N2OS. The van der Waals surface area contributed by atoms with E-state index in [0.29, 0.717) is 5.56 Å². The van der Waals surface area contributed by atoms with Crippen LogP contribution < -0.4 is 4.80 Å². The van der Waals surface area contributed by atoms with Gasteiger partial charge in [-0.2, -0.15) is 4.99 Å². The predicted molar refractivity (Wildman–Crippen MR) is 95.7 cm³/mol. The number of aryl methyl sites for hydroxylation is 2. The molecule has 0 saturated heterocycles. The van der Waals surface area contributed by atoms with Gasteiger partial charge in [0.2, 0.25) is 0 Å². The highest BCUT2D eigenvalue weighted by molar-refractivity contribution is 7.16. The Morgan fingerprint density at radius 2 is 1.96 bits per heavy atom. The van der Waals surface area contributed by atoms with Crippen molar-refractivity contribution in [1.29, 1.82) is 0 Å². The first-order valence-corrected chi connectivity index (χ1v) is 8.73. The Morgan fingerprint density at radius 1 is 1.17 bits per heavy atom. The summed E-state index contributed by atoms with van der Waals surface area (Å²) in [6.07, 6.45) is 3.50. The predicted octanol–water partition coefficient (Wildman–Crippen LogP) is 4.32. The Morgan fingerprint density at radius 3 is 2.70 bits per heavy atom. The van der Waals surface area contributed by atoms with Crippen LogP contribution in [-0.4, -0.2) is 10.5 Å². The molecular weight excluding hydrogens is 304 g/mol. The van der Waals surface area contributed by atoms with Crippen molar-refractivity contribution in [2.45, 2.75) is 26.2 Å². The van der Waals surface area contributed by atoms with E-state index in [1.165, 1.54) is 23.1 Å². The summed E-state index contributed by atoms with van der Waals surface area (Å²) in [5.41, 5.74) is 3.09. The average Bonchev–Trinajstić information content (AvgIpc) is 2.89. The summed E-state index contributed by atoms with van der Waals surface area (Å²) in [6.45, 7) is 2.20. The van der Waals surface area contributed by atoms with Crippen LogP contribution >= 0.6 is 11.3 Å². The molecule has 0 spiro atoms. The first-order valence-electron chi connectivity index (χ1n) is 7.91. The van der Waals surface area contributed by atoms with Crippen molar-refractivity contribution in [3.8, 4) is 0 Å². The quantitative estimate of drug-likeness (QED) is 0.703. The molecule has 0 unspecified atom stereocenters. The van der Waals surface area contributed by atoms with Crippen molar-refractivity contribution < 1.29 is 4.79 Å². The van der Waals surface area contributed by atoms with Gasteiger partial charge in [0.05, 0.1) is 10.2 Å². The van der Waals surface area contributed by atoms with Crippen molar-refractivity contribution in [2.75, 3.05) is 0 Å². The molecule has 4 heteroatoms. The van der Waals surface area contributed by atoms with Crippen LogP contribution in [0.25, 0.3) is 10.2 Å². The molecule has 0 fully saturated rings. The Kier molecular flexibility index (Phi) is 4.72. The minimum atomic E-state index is -0.195. The first-order chi connectivity index (χ1) is 11.2. The lowest BCUT2D eigenvalue weighted by Crippen LogP contribution is -2.13. The monoisotopic (exact) mass is 324 g/mol. The normalized spacial score (nSPS) is 12.0. The van der Waals surface area contributed by atoms with Gasteiger partial charge in [-0.3, -0.25) is 4.79 Å². The number of nitrogens with zero attached hydrogens (tertiary/aromatic N) is 2. The number of benzene rings is 2. The standard InChI is InChI=1S/C19H20N2OS/c1-3-4-8-14-11-12-16-17(13-14)23-19(21(16)2)20-18(22)15-9-6-5-7-10-15/h5-7,9-13H,3-4,8H2,1-2H3. The van der Waals surface area contributed by atoms with Crippen LogP contribution in [0.2, 0.25) is 0 Å². The number of hydrogen-bond acceptors (Lipinski definition) is 2. The maximum Gasteiger partial charge on any atom is 0.279 e. The highest BCUT2D eigenvalue weighted by Crippen LogP contribution is 2.19. The van der Waals surface area contributed by atoms with Crippen LogP contribution in [0, 0.1) is 0 Å². The summed E-state index contributed by atoms with van der Waals surface area (Å²) in [6, 6.07) is 15.7. The summed E-state index contributed by atoms with van der Waals surface area (Å²) < 4.78 is 3.17. The molecule has 118 valence electrons. The second-order valence-electron chi connectivity index (χ2n) is 5.63. The second-order valence-corrected chi connectivity index (χ2v) is 6.64. The van der Waals surface area contributed by atoms with Crippen LogP contribution in [0.1, 0.15) is 35.7 Å². The second kappa shape index (κ2) is 6.92. The van der Waals surface area contributed by atoms with Gasteiger partial charge in [-0.15, -0.1) is 0 Å². The molecule has 2 aromatic carbocycles. The zero-order valence-electron chi connectivity index (χ0n) is 13.5. The van der Waals surface area contributed by atoms with Gasteiger partial charge >= 0.3 is 0 Å². The molecule has 1 aromatic heterocycles. The van der Waals surface area contributed by atoms with E-state index < -0.39 is 0 Å². The van der Waals surface area contributed by atoms with E-state index >= 15 is 0 Å². The third-order valence-corrected chi connectivity index (χ3v) is 5.01. The Balaban J connectivity index is 1.99. The van der Waals surface area contributed by atoms with Crippen molar-refractivity contribution in [3.05, 3.63) is 64.5 Å². The van der Waals surface area contributed by atoms with Crippen LogP contribution in [0.3, 0.4) is 0 Å². The van der Waals surface area contributed by atoms with E-state index in [4.69, 9.17) is 0 Å². The Bertz CT molecular complexity index is 891. The van der Waals surface area contributed by atoms with Gasteiger partial charge in [0, 0.05) is 12.6 Å². The maximum atomic E-state index is 12.3. The minimum Gasteiger partial charge on any atom is -0.319 e. The highest BCUT2D eigenvalue weighted by atomic mass is 32.1. The molecule has 0 N–H and O–H groups in total. The fraction of sp³-hybridized carbons (Fsp3) is 0.263. The number of amides is 1. The van der Waals surface area contributed by atoms with Crippen LogP contribution in [0.5, 0.6) is 0 Å². The van der Waals surface area contributed by atoms with E-state index in [0.717, 1.165) is 16.7 Å². The number of thiazole rings is 1. The van der Waals surface area contributed by atoms with E-state index in [9.17, 15) is 4.79 Å². The number of rotatable bonds is 4. The first kappa shape index (κ1) is 15.7. The van der Waals surface area contributed by atoms with Gasteiger partial charge in [0.1, 0.15) is 0 Å². The molecule has 0 bridgehead atoms. The molecule has 0 aliphatic rings. The lowest BCUT2D eigenvalue weighted by molar-refractivity contribution is 0.0998. The SMILES string of the molecule is CCCCc1ccc2c(c1)sc(=NC(=O)c1ccccc1)n2C. The molecule has 0 radical (unpaired) electrons. The molecule has 0 saturated carbocycles. The number of hydrogen-bond donors (Lipinski definition) is 0. The number of carbonyl (C=O) groups is 1. The fourth-order valence-electron chi connectivity index (χ4n) is 2.55. The molecule has 0 aliphatic carbocycles. The van der Waals surface area contributed by atoms with E-state index in [1.807, 2.05) is 29.8 Å². The van der Waals surface area contributed by atoms with Gasteiger partial charge in [-0.25, -0.2) is 0 Å². The lowest BCUT2D eigenvalue weighted by Gasteiger charge is -2.00. The van der Waals surface area contributed by atoms with Crippen molar-refractivity contribution in [3.63, 3.8) is 0 Å². The van der Waals surface area contributed by atoms with Crippen LogP contribution in [0.15, 0.2) is 53.5 Å². The van der Waals surface area contributed by atoms with Crippen molar-refractivity contribution in [1.82, 2.24) is 4.57 Å². The van der Waals surface area contributed by atoms with E-state index in [1.54, 1.807) is 23.5 Å². The third-order valence-electron chi connectivity index (χ3n) is 3.91. The third kappa shape index (κ3) is 3.42. The summed E-state index contributed by atoms with van der Waals surface area (Å²) in [5, 5.41) is 0. The average molecular weight is 324 g/mol. The lowest BCUT2D eigenvalue weighted by atomic mass is 10.1. The fourth-order valence-corrected chi connectivity index (χ4v) is 3.63. The molecule has 3 aromatic rings. The molecule has 23 heavy (non-hydrogen) atoms. The molecule has 1 amide bonds. The van der Waals surface area contributed by atoms with Crippen LogP contribution in [-0.2, 0) is 13.5 Å². The van der Waals surface area contributed by atoms with Gasteiger partial charge in [-0.1, -0.05) is 48.9 Å². The highest BCUT2D eigenvalue weighted by Gasteiger charge is 2.07. The molecule has 0 atom stereocenters. The number of unbranched alkanes of at least 4 members (excludes halogenated alkanes) is 1. The van der Waals surface area contributed by atoms with Crippen molar-refractivity contribution in [2.24, 2.45) is 12.0 Å². The Labute approximate surface area is 139 Å². The maximum absolute atomic E-state index is 12.3.